The highest BCUT2D eigenvalue weighted by atomic mass is 16.1. The number of rotatable bonds is 4. The molecule has 2 aromatic rings. The Bertz CT molecular complexity index is 547. The lowest BCUT2D eigenvalue weighted by Crippen LogP contribution is -2.18. The quantitative estimate of drug-likeness (QED) is 0.637. The molecule has 3 N–H and O–H groups in total. The second-order valence-corrected chi connectivity index (χ2v) is 4.16. The third-order valence-corrected chi connectivity index (χ3v) is 2.76. The zero-order valence-corrected chi connectivity index (χ0v) is 10.3. The molecule has 0 aliphatic carbocycles. The van der Waals surface area contributed by atoms with Gasteiger partial charge in [-0.3, -0.25) is 4.79 Å². The Labute approximate surface area is 107 Å². The fraction of sp³-hybridized carbons (Fsp3) is 0.133. The summed E-state index contributed by atoms with van der Waals surface area (Å²) in [5.74, 6) is 0.0941. The van der Waals surface area contributed by atoms with E-state index in [0.717, 1.165) is 22.4 Å². The average molecular weight is 240 g/mol. The number of benzene rings is 2. The summed E-state index contributed by atoms with van der Waals surface area (Å²) >= 11 is 0. The van der Waals surface area contributed by atoms with Crippen LogP contribution in [0.3, 0.4) is 0 Å². The van der Waals surface area contributed by atoms with Gasteiger partial charge in [0.2, 0.25) is 0 Å². The summed E-state index contributed by atoms with van der Waals surface area (Å²) in [4.78, 5) is 11.7. The highest BCUT2D eigenvalue weighted by molar-refractivity contribution is 5.98. The minimum atomic E-state index is 0.0941. The second kappa shape index (κ2) is 5.47. The molecule has 0 aliphatic rings. The number of hydrogen-bond donors (Lipinski definition) is 2. The van der Waals surface area contributed by atoms with E-state index in [1.54, 1.807) is 7.05 Å². The van der Waals surface area contributed by atoms with Crippen LogP contribution in [-0.2, 0) is 0 Å². The van der Waals surface area contributed by atoms with E-state index >= 15 is 0 Å². The Hall–Kier alpha value is -2.13. The standard InChI is InChI=1S/C15H16N2O/c1-17-10-15(18)12-7-5-11(6-8-12)13-3-2-4-14(16)9-13/h2-9,17H,10,16H2,1H3. The molecule has 0 radical (unpaired) electrons. The van der Waals surface area contributed by atoms with Crippen molar-refractivity contribution < 1.29 is 4.79 Å². The van der Waals surface area contributed by atoms with Crippen LogP contribution in [-0.4, -0.2) is 19.4 Å². The van der Waals surface area contributed by atoms with E-state index < -0.39 is 0 Å². The molecule has 2 rings (SSSR count). The van der Waals surface area contributed by atoms with Crippen LogP contribution in [0.15, 0.2) is 48.5 Å². The Morgan fingerprint density at radius 2 is 1.83 bits per heavy atom. The van der Waals surface area contributed by atoms with Crippen LogP contribution >= 0.6 is 0 Å². The van der Waals surface area contributed by atoms with E-state index in [1.807, 2.05) is 48.5 Å². The molecule has 18 heavy (non-hydrogen) atoms. The number of carbonyl (C=O) groups is 1. The number of nitrogens with one attached hydrogen (secondary N) is 1. The van der Waals surface area contributed by atoms with Crippen molar-refractivity contribution in [3.8, 4) is 11.1 Å². The van der Waals surface area contributed by atoms with Crippen molar-refractivity contribution >= 4 is 11.5 Å². The topological polar surface area (TPSA) is 55.1 Å². The largest absolute Gasteiger partial charge is 0.399 e. The van der Waals surface area contributed by atoms with Gasteiger partial charge in [0.25, 0.3) is 0 Å². The maximum Gasteiger partial charge on any atom is 0.176 e. The molecule has 2 aromatic carbocycles. The fourth-order valence-corrected chi connectivity index (χ4v) is 1.83. The SMILES string of the molecule is CNCC(=O)c1ccc(-c2cccc(N)c2)cc1. The predicted molar refractivity (Wildman–Crippen MR) is 74.5 cm³/mol. The molecule has 3 nitrogen and oxygen atoms in total. The number of hydrogen-bond acceptors (Lipinski definition) is 3. The van der Waals surface area contributed by atoms with Crippen LogP contribution in [0, 0.1) is 0 Å². The van der Waals surface area contributed by atoms with E-state index in [1.165, 1.54) is 0 Å². The summed E-state index contributed by atoms with van der Waals surface area (Å²) in [6, 6.07) is 15.3. The highest BCUT2D eigenvalue weighted by Crippen LogP contribution is 2.21. The van der Waals surface area contributed by atoms with Gasteiger partial charge in [0.1, 0.15) is 0 Å². The first-order valence-corrected chi connectivity index (χ1v) is 5.84. The van der Waals surface area contributed by atoms with Gasteiger partial charge in [-0.15, -0.1) is 0 Å². The number of ketones is 1. The normalized spacial score (nSPS) is 10.3. The Morgan fingerprint density at radius 1 is 1.11 bits per heavy atom. The molecule has 3 heteroatoms. The average Bonchev–Trinajstić information content (AvgIpc) is 2.39. The van der Waals surface area contributed by atoms with Gasteiger partial charge in [0, 0.05) is 11.3 Å². The summed E-state index contributed by atoms with van der Waals surface area (Å²) in [6.45, 7) is 0.359. The Balaban J connectivity index is 2.25. The maximum atomic E-state index is 11.7. The van der Waals surface area contributed by atoms with Crippen LogP contribution in [0.5, 0.6) is 0 Å². The molecule has 0 spiro atoms. The first-order chi connectivity index (χ1) is 8.70. The Morgan fingerprint density at radius 3 is 2.44 bits per heavy atom. The molecule has 0 aliphatic heterocycles. The van der Waals surface area contributed by atoms with Crippen molar-refractivity contribution in [3.63, 3.8) is 0 Å². The molecule has 0 saturated heterocycles. The van der Waals surface area contributed by atoms with Gasteiger partial charge >= 0.3 is 0 Å². The molecule has 92 valence electrons. The van der Waals surface area contributed by atoms with Gasteiger partial charge in [-0.25, -0.2) is 0 Å². The van der Waals surface area contributed by atoms with E-state index in [0.29, 0.717) is 6.54 Å². The van der Waals surface area contributed by atoms with Crippen molar-refractivity contribution in [1.82, 2.24) is 5.32 Å². The molecule has 0 saturated carbocycles. The Kier molecular flexibility index (Phi) is 3.75. The molecule has 0 fully saturated rings. The van der Waals surface area contributed by atoms with Gasteiger partial charge < -0.3 is 11.1 Å². The van der Waals surface area contributed by atoms with E-state index in [-0.39, 0.29) is 5.78 Å². The van der Waals surface area contributed by atoms with Gasteiger partial charge in [0.15, 0.2) is 5.78 Å². The molecule has 0 heterocycles. The molecule has 0 amide bonds. The lowest BCUT2D eigenvalue weighted by molar-refractivity contribution is 0.0993. The number of nitrogen functional groups attached to an aromatic ring is 1. The van der Waals surface area contributed by atoms with Crippen molar-refractivity contribution in [1.29, 1.82) is 0 Å². The van der Waals surface area contributed by atoms with Gasteiger partial charge in [-0.1, -0.05) is 36.4 Å². The molecular weight excluding hydrogens is 224 g/mol. The maximum absolute atomic E-state index is 11.7. The smallest absolute Gasteiger partial charge is 0.176 e. The molecule has 0 aromatic heterocycles. The van der Waals surface area contributed by atoms with E-state index in [4.69, 9.17) is 5.73 Å². The van der Waals surface area contributed by atoms with E-state index in [2.05, 4.69) is 5.32 Å². The number of carbonyl (C=O) groups excluding carboxylic acids is 1. The van der Waals surface area contributed by atoms with Crippen LogP contribution in [0.25, 0.3) is 11.1 Å². The number of nitrogens with two attached hydrogens (primary N) is 1. The molecule has 0 unspecified atom stereocenters. The minimum absolute atomic E-state index is 0.0941. The summed E-state index contributed by atoms with van der Waals surface area (Å²) in [7, 11) is 1.76. The second-order valence-electron chi connectivity index (χ2n) is 4.16. The number of anilines is 1. The van der Waals surface area contributed by atoms with Gasteiger partial charge in [-0.05, 0) is 30.3 Å². The molecule has 0 atom stereocenters. The van der Waals surface area contributed by atoms with Gasteiger partial charge in [-0.2, -0.15) is 0 Å². The number of Topliss-reactive ketones (excluding diaryl/α,β-unsaturated/α-hetero) is 1. The first-order valence-electron chi connectivity index (χ1n) is 5.84. The van der Waals surface area contributed by atoms with Crippen LogP contribution in [0.4, 0.5) is 5.69 Å². The van der Waals surface area contributed by atoms with E-state index in [9.17, 15) is 4.79 Å². The van der Waals surface area contributed by atoms with Crippen LogP contribution in [0.2, 0.25) is 0 Å². The lowest BCUT2D eigenvalue weighted by atomic mass is 10.0. The molecule has 0 bridgehead atoms. The first kappa shape index (κ1) is 12.3. The van der Waals surface area contributed by atoms with Crippen molar-refractivity contribution in [2.45, 2.75) is 0 Å². The predicted octanol–water partition coefficient (Wildman–Crippen LogP) is 2.34. The molecular formula is C15H16N2O. The van der Waals surface area contributed by atoms with Crippen LogP contribution in [0.1, 0.15) is 10.4 Å². The lowest BCUT2D eigenvalue weighted by Gasteiger charge is -2.05. The zero-order valence-electron chi connectivity index (χ0n) is 10.3. The third kappa shape index (κ3) is 2.76. The third-order valence-electron chi connectivity index (χ3n) is 2.76. The number of likely N-dealkylation sites (N-methyl/N-ethyl adjacent to an activating group) is 1. The van der Waals surface area contributed by atoms with Crippen molar-refractivity contribution in [2.24, 2.45) is 0 Å². The van der Waals surface area contributed by atoms with Crippen molar-refractivity contribution in [3.05, 3.63) is 54.1 Å². The summed E-state index contributed by atoms with van der Waals surface area (Å²) in [5.41, 5.74) is 9.33. The monoisotopic (exact) mass is 240 g/mol. The highest BCUT2D eigenvalue weighted by Gasteiger charge is 2.04. The summed E-state index contributed by atoms with van der Waals surface area (Å²) in [6.07, 6.45) is 0. The van der Waals surface area contributed by atoms with Crippen molar-refractivity contribution in [2.75, 3.05) is 19.3 Å². The summed E-state index contributed by atoms with van der Waals surface area (Å²) in [5, 5.41) is 2.85. The zero-order chi connectivity index (χ0) is 13.0. The van der Waals surface area contributed by atoms with Crippen LogP contribution < -0.4 is 11.1 Å². The van der Waals surface area contributed by atoms with Gasteiger partial charge in [0.05, 0.1) is 6.54 Å². The fourth-order valence-electron chi connectivity index (χ4n) is 1.83. The minimum Gasteiger partial charge on any atom is -0.399 e. The summed E-state index contributed by atoms with van der Waals surface area (Å²) < 4.78 is 0.